The maximum Gasteiger partial charge on any atom is 0.573 e. The second-order valence-electron chi connectivity index (χ2n) is 7.62. The number of nitrogens with zero attached hydrogens (tertiary/aromatic N) is 3. The number of halogens is 3. The Labute approximate surface area is 190 Å². The van der Waals surface area contributed by atoms with Gasteiger partial charge in [0, 0.05) is 36.8 Å². The Morgan fingerprint density at radius 2 is 2.06 bits per heavy atom. The van der Waals surface area contributed by atoms with Crippen LogP contribution in [0.1, 0.15) is 28.8 Å². The predicted molar refractivity (Wildman–Crippen MR) is 111 cm³/mol. The standard InChI is InChI=1S/C21H20F3N5O5/c1-33-15-5-2-12(16(8-15)34-21(22,23)24)9-25-19(31)13-3-6-17-27-29(20(32)28(17)10-13)11-14-4-7-18(30)26-14/h2-3,5-6,8,10,14H,4,7,9,11H2,1H3,(H,25,31)(H,26,30). The van der Waals surface area contributed by atoms with Gasteiger partial charge in [-0.2, -0.15) is 0 Å². The number of amides is 2. The van der Waals surface area contributed by atoms with Crippen LogP contribution in [0, 0.1) is 0 Å². The van der Waals surface area contributed by atoms with E-state index < -0.39 is 23.7 Å². The van der Waals surface area contributed by atoms with Crippen LogP contribution >= 0.6 is 0 Å². The first-order valence-corrected chi connectivity index (χ1v) is 10.2. The van der Waals surface area contributed by atoms with E-state index in [1.54, 1.807) is 0 Å². The van der Waals surface area contributed by atoms with Gasteiger partial charge in [0.15, 0.2) is 5.65 Å². The molecular formula is C21H20F3N5O5. The number of carbonyl (C=O) groups is 2. The number of aromatic nitrogens is 3. The first-order chi connectivity index (χ1) is 16.1. The molecule has 1 aliphatic heterocycles. The minimum absolute atomic E-state index is 0.0798. The Bertz CT molecular complexity index is 1300. The van der Waals surface area contributed by atoms with Gasteiger partial charge in [-0.15, -0.1) is 18.3 Å². The van der Waals surface area contributed by atoms with E-state index in [-0.39, 0.29) is 41.9 Å². The average molecular weight is 479 g/mol. The van der Waals surface area contributed by atoms with E-state index >= 15 is 0 Å². The van der Waals surface area contributed by atoms with E-state index in [0.29, 0.717) is 18.5 Å². The average Bonchev–Trinajstić information content (AvgIpc) is 3.33. The number of nitrogens with one attached hydrogen (secondary N) is 2. The molecule has 1 unspecified atom stereocenters. The van der Waals surface area contributed by atoms with Gasteiger partial charge in [-0.3, -0.25) is 9.59 Å². The number of carbonyl (C=O) groups excluding carboxylic acids is 2. The molecule has 0 radical (unpaired) electrons. The van der Waals surface area contributed by atoms with Crippen LogP contribution in [0.4, 0.5) is 13.2 Å². The summed E-state index contributed by atoms with van der Waals surface area (Å²) in [4.78, 5) is 36.7. The first-order valence-electron chi connectivity index (χ1n) is 10.2. The SMILES string of the molecule is COc1ccc(CNC(=O)c2ccc3nn(CC4CCC(=O)N4)c(=O)n3c2)c(OC(F)(F)F)c1. The summed E-state index contributed by atoms with van der Waals surface area (Å²) in [6.45, 7) is -0.0605. The van der Waals surface area contributed by atoms with E-state index in [2.05, 4.69) is 20.5 Å². The number of hydrogen-bond acceptors (Lipinski definition) is 6. The minimum atomic E-state index is -4.92. The van der Waals surface area contributed by atoms with Crippen molar-refractivity contribution in [2.24, 2.45) is 0 Å². The van der Waals surface area contributed by atoms with Crippen molar-refractivity contribution in [3.8, 4) is 11.5 Å². The molecule has 1 fully saturated rings. The molecule has 1 aromatic carbocycles. The number of pyridine rings is 1. The van der Waals surface area contributed by atoms with E-state index in [1.807, 2.05) is 0 Å². The van der Waals surface area contributed by atoms with E-state index in [0.717, 1.165) is 6.07 Å². The molecule has 2 aromatic heterocycles. The van der Waals surface area contributed by atoms with Gasteiger partial charge in [-0.05, 0) is 30.7 Å². The van der Waals surface area contributed by atoms with Crippen LogP contribution in [0.15, 0.2) is 41.3 Å². The Kier molecular flexibility index (Phi) is 6.18. The third-order valence-corrected chi connectivity index (χ3v) is 5.26. The van der Waals surface area contributed by atoms with E-state index in [9.17, 15) is 27.6 Å². The second-order valence-corrected chi connectivity index (χ2v) is 7.62. The Hall–Kier alpha value is -4.03. The Morgan fingerprint density at radius 3 is 2.74 bits per heavy atom. The largest absolute Gasteiger partial charge is 0.573 e. The van der Waals surface area contributed by atoms with Gasteiger partial charge in [-0.25, -0.2) is 13.9 Å². The summed E-state index contributed by atoms with van der Waals surface area (Å²) in [6.07, 6.45) is -2.64. The van der Waals surface area contributed by atoms with Gasteiger partial charge in [0.2, 0.25) is 5.91 Å². The highest BCUT2D eigenvalue weighted by molar-refractivity contribution is 5.94. The summed E-state index contributed by atoms with van der Waals surface area (Å²) >= 11 is 0. The van der Waals surface area contributed by atoms with E-state index in [1.165, 1.54) is 46.7 Å². The topological polar surface area (TPSA) is 116 Å². The van der Waals surface area contributed by atoms with Crippen LogP contribution in [0.5, 0.6) is 11.5 Å². The van der Waals surface area contributed by atoms with Crippen molar-refractivity contribution in [2.45, 2.75) is 38.3 Å². The van der Waals surface area contributed by atoms with Crippen LogP contribution in [0.25, 0.3) is 5.65 Å². The fourth-order valence-electron chi connectivity index (χ4n) is 3.60. The quantitative estimate of drug-likeness (QED) is 0.532. The smallest absolute Gasteiger partial charge is 0.497 e. The number of methoxy groups -OCH3 is 1. The lowest BCUT2D eigenvalue weighted by molar-refractivity contribution is -0.274. The maximum atomic E-state index is 12.7. The van der Waals surface area contributed by atoms with Crippen LogP contribution in [0.3, 0.4) is 0 Å². The first kappa shape index (κ1) is 23.1. The molecule has 4 rings (SSSR count). The molecule has 2 N–H and O–H groups in total. The Morgan fingerprint density at radius 1 is 1.26 bits per heavy atom. The monoisotopic (exact) mass is 479 g/mol. The minimum Gasteiger partial charge on any atom is -0.497 e. The zero-order valence-electron chi connectivity index (χ0n) is 17.9. The van der Waals surface area contributed by atoms with Crippen LogP contribution in [0.2, 0.25) is 0 Å². The highest BCUT2D eigenvalue weighted by atomic mass is 19.4. The fourth-order valence-corrected chi connectivity index (χ4v) is 3.60. The molecule has 1 atom stereocenters. The molecule has 34 heavy (non-hydrogen) atoms. The lowest BCUT2D eigenvalue weighted by atomic mass is 10.1. The van der Waals surface area contributed by atoms with Crippen molar-refractivity contribution in [1.29, 1.82) is 0 Å². The third-order valence-electron chi connectivity index (χ3n) is 5.26. The number of alkyl halides is 3. The lowest BCUT2D eigenvalue weighted by Gasteiger charge is -2.15. The van der Waals surface area contributed by atoms with Gasteiger partial charge in [-0.1, -0.05) is 0 Å². The summed E-state index contributed by atoms with van der Waals surface area (Å²) < 4.78 is 49.6. The zero-order valence-corrected chi connectivity index (χ0v) is 17.9. The number of ether oxygens (including phenoxy) is 2. The predicted octanol–water partition coefficient (Wildman–Crippen LogP) is 1.61. The van der Waals surface area contributed by atoms with Crippen LogP contribution in [-0.4, -0.2) is 45.5 Å². The van der Waals surface area contributed by atoms with Gasteiger partial charge in [0.1, 0.15) is 11.5 Å². The number of hydrogen-bond donors (Lipinski definition) is 2. The maximum absolute atomic E-state index is 12.7. The second kappa shape index (κ2) is 9.08. The zero-order chi connectivity index (χ0) is 24.5. The Balaban J connectivity index is 1.50. The van der Waals surface area contributed by atoms with Crippen LogP contribution in [-0.2, 0) is 17.9 Å². The van der Waals surface area contributed by atoms with Gasteiger partial charge < -0.3 is 20.1 Å². The molecule has 0 saturated carbocycles. The number of benzene rings is 1. The highest BCUT2D eigenvalue weighted by Crippen LogP contribution is 2.30. The summed E-state index contributed by atoms with van der Waals surface area (Å²) in [5.74, 6) is -1.03. The molecule has 10 nitrogen and oxygen atoms in total. The van der Waals surface area contributed by atoms with Crippen molar-refractivity contribution < 1.29 is 32.2 Å². The van der Waals surface area contributed by atoms with Crippen molar-refractivity contribution in [3.05, 3.63) is 58.1 Å². The van der Waals surface area contributed by atoms with Gasteiger partial charge in [0.05, 0.1) is 19.2 Å². The molecule has 0 aliphatic carbocycles. The number of fused-ring (bicyclic) bond motifs is 1. The molecule has 3 aromatic rings. The molecule has 2 amide bonds. The van der Waals surface area contributed by atoms with Crippen molar-refractivity contribution in [3.63, 3.8) is 0 Å². The summed E-state index contributed by atoms with van der Waals surface area (Å²) in [5, 5.41) is 9.48. The molecule has 180 valence electrons. The summed E-state index contributed by atoms with van der Waals surface area (Å²) in [5.41, 5.74) is 0.00924. The van der Waals surface area contributed by atoms with Crippen molar-refractivity contribution >= 4 is 17.5 Å². The molecular weight excluding hydrogens is 459 g/mol. The fraction of sp³-hybridized carbons (Fsp3) is 0.333. The summed E-state index contributed by atoms with van der Waals surface area (Å²) in [6, 6.07) is 6.58. The molecule has 13 heteroatoms. The third kappa shape index (κ3) is 5.13. The summed E-state index contributed by atoms with van der Waals surface area (Å²) in [7, 11) is 1.30. The van der Waals surface area contributed by atoms with Crippen molar-refractivity contribution in [2.75, 3.05) is 7.11 Å². The van der Waals surface area contributed by atoms with Crippen LogP contribution < -0.4 is 25.8 Å². The molecule has 1 saturated heterocycles. The van der Waals surface area contributed by atoms with E-state index in [4.69, 9.17) is 4.74 Å². The molecule has 3 heterocycles. The molecule has 0 spiro atoms. The molecule has 1 aliphatic rings. The van der Waals surface area contributed by atoms with Crippen molar-refractivity contribution in [1.82, 2.24) is 24.8 Å². The molecule has 0 bridgehead atoms. The van der Waals surface area contributed by atoms with Gasteiger partial charge in [0.25, 0.3) is 5.91 Å². The lowest BCUT2D eigenvalue weighted by Crippen LogP contribution is -2.34. The highest BCUT2D eigenvalue weighted by Gasteiger charge is 2.32. The normalized spacial score (nSPS) is 15.9. The van der Waals surface area contributed by atoms with Gasteiger partial charge >= 0.3 is 12.1 Å². The number of rotatable bonds is 7.